The zero-order valence-electron chi connectivity index (χ0n) is 11.1. The number of ether oxygens (including phenoxy) is 3. The summed E-state index contributed by atoms with van der Waals surface area (Å²) in [6.45, 7) is 0.858. The van der Waals surface area contributed by atoms with Crippen LogP contribution in [0.5, 0.6) is 17.2 Å². The van der Waals surface area contributed by atoms with Gasteiger partial charge in [0.1, 0.15) is 30.5 Å². The summed E-state index contributed by atoms with van der Waals surface area (Å²) < 4.78 is 15.7. The fraction of sp³-hybridized carbons (Fsp3) is 0.385. The third kappa shape index (κ3) is 2.83. The third-order valence-corrected chi connectivity index (χ3v) is 2.80. The van der Waals surface area contributed by atoms with Gasteiger partial charge in [-0.3, -0.25) is 9.59 Å². The molecule has 0 saturated heterocycles. The van der Waals surface area contributed by atoms with Crippen LogP contribution < -0.4 is 19.5 Å². The minimum Gasteiger partial charge on any atom is -0.496 e. The van der Waals surface area contributed by atoms with Crippen molar-refractivity contribution in [2.45, 2.75) is 13.0 Å². The van der Waals surface area contributed by atoms with Crippen LogP contribution >= 0.6 is 0 Å². The summed E-state index contributed by atoms with van der Waals surface area (Å²) in [5, 5.41) is 11.4. The summed E-state index contributed by atoms with van der Waals surface area (Å²) in [6.07, 6.45) is 0. The maximum atomic E-state index is 11.3. The number of hydrogen-bond donors (Lipinski definition) is 2. The Bertz CT molecular complexity index is 542. The van der Waals surface area contributed by atoms with E-state index in [4.69, 9.17) is 19.3 Å². The molecule has 1 aliphatic rings. The van der Waals surface area contributed by atoms with Crippen LogP contribution in [0.4, 0.5) is 0 Å². The van der Waals surface area contributed by atoms with Crippen LogP contribution in [0.25, 0.3) is 0 Å². The van der Waals surface area contributed by atoms with Gasteiger partial charge in [0.05, 0.1) is 18.7 Å². The number of rotatable bonds is 4. The number of aliphatic hydroxyl groups excluding tert-OH is 1. The van der Waals surface area contributed by atoms with E-state index in [0.29, 0.717) is 17.1 Å². The van der Waals surface area contributed by atoms with E-state index in [9.17, 15) is 9.59 Å². The average molecular weight is 281 g/mol. The monoisotopic (exact) mass is 281 g/mol. The Balaban J connectivity index is 2.38. The molecule has 2 N–H and O–H groups in total. The van der Waals surface area contributed by atoms with Crippen molar-refractivity contribution in [3.05, 3.63) is 17.7 Å². The summed E-state index contributed by atoms with van der Waals surface area (Å²) in [5.41, 5.74) is 0.558. The van der Waals surface area contributed by atoms with Gasteiger partial charge >= 0.3 is 5.97 Å². The summed E-state index contributed by atoms with van der Waals surface area (Å²) in [6, 6.07) is 2.71. The van der Waals surface area contributed by atoms with Gasteiger partial charge in [-0.1, -0.05) is 0 Å². The van der Waals surface area contributed by atoms with Crippen LogP contribution in [0.15, 0.2) is 12.1 Å². The van der Waals surface area contributed by atoms with Gasteiger partial charge in [0.2, 0.25) is 5.91 Å². The standard InChI is InChI=1S/C13H15NO6/c1-7(16)20-11-4-8(18-2)3-10-13(11)9(6-19-10)14-12(17)5-15/h3-4,9,15H,5-6H2,1-2H3,(H,14,17). The molecule has 0 aliphatic carbocycles. The van der Waals surface area contributed by atoms with Gasteiger partial charge in [-0.2, -0.15) is 0 Å². The number of nitrogens with one attached hydrogen (secondary N) is 1. The number of methoxy groups -OCH3 is 1. The molecule has 108 valence electrons. The first-order chi connectivity index (χ1) is 9.55. The molecule has 1 aliphatic heterocycles. The number of esters is 1. The Kier molecular flexibility index (Phi) is 4.09. The highest BCUT2D eigenvalue weighted by molar-refractivity contribution is 5.78. The highest BCUT2D eigenvalue weighted by Gasteiger charge is 2.31. The van der Waals surface area contributed by atoms with Crippen molar-refractivity contribution in [1.29, 1.82) is 0 Å². The molecule has 0 saturated carbocycles. The van der Waals surface area contributed by atoms with Crippen molar-refractivity contribution in [3.8, 4) is 17.2 Å². The van der Waals surface area contributed by atoms with Crippen LogP contribution in [0.2, 0.25) is 0 Å². The maximum Gasteiger partial charge on any atom is 0.308 e. The second-order valence-electron chi connectivity index (χ2n) is 4.22. The van der Waals surface area contributed by atoms with E-state index in [-0.39, 0.29) is 12.4 Å². The second kappa shape index (κ2) is 5.79. The Labute approximate surface area is 115 Å². The van der Waals surface area contributed by atoms with Crippen molar-refractivity contribution in [1.82, 2.24) is 5.32 Å². The van der Waals surface area contributed by atoms with E-state index in [1.54, 1.807) is 12.1 Å². The number of carbonyl (C=O) groups excluding carboxylic acids is 2. The van der Waals surface area contributed by atoms with Gasteiger partial charge in [0, 0.05) is 19.1 Å². The van der Waals surface area contributed by atoms with Gasteiger partial charge in [-0.05, 0) is 0 Å². The van der Waals surface area contributed by atoms with E-state index in [0.717, 1.165) is 0 Å². The predicted octanol–water partition coefficient (Wildman–Crippen LogP) is 0.162. The zero-order valence-corrected chi connectivity index (χ0v) is 11.1. The fourth-order valence-electron chi connectivity index (χ4n) is 2.01. The lowest BCUT2D eigenvalue weighted by molar-refractivity contribution is -0.131. The Hall–Kier alpha value is -2.28. The predicted molar refractivity (Wildman–Crippen MR) is 67.8 cm³/mol. The first-order valence-electron chi connectivity index (χ1n) is 5.98. The first kappa shape index (κ1) is 14.1. The van der Waals surface area contributed by atoms with Gasteiger partial charge < -0.3 is 24.6 Å². The van der Waals surface area contributed by atoms with E-state index >= 15 is 0 Å². The molecule has 1 amide bonds. The largest absolute Gasteiger partial charge is 0.496 e. The molecule has 0 radical (unpaired) electrons. The van der Waals surface area contributed by atoms with Gasteiger partial charge in [0.15, 0.2) is 0 Å². The summed E-state index contributed by atoms with van der Waals surface area (Å²) >= 11 is 0. The molecule has 0 bridgehead atoms. The van der Waals surface area contributed by atoms with Crippen molar-refractivity contribution < 1.29 is 28.9 Å². The molecule has 2 rings (SSSR count). The lowest BCUT2D eigenvalue weighted by atomic mass is 10.1. The van der Waals surface area contributed by atoms with Crippen molar-refractivity contribution in [2.75, 3.05) is 20.3 Å². The summed E-state index contributed by atoms with van der Waals surface area (Å²) in [5.74, 6) is 0.209. The fourth-order valence-corrected chi connectivity index (χ4v) is 2.01. The molecule has 20 heavy (non-hydrogen) atoms. The maximum absolute atomic E-state index is 11.3. The molecule has 1 atom stereocenters. The molecule has 1 aromatic carbocycles. The lowest BCUT2D eigenvalue weighted by Gasteiger charge is -2.14. The van der Waals surface area contributed by atoms with E-state index in [1.807, 2.05) is 0 Å². The molecule has 1 unspecified atom stereocenters. The Morgan fingerprint density at radius 3 is 2.85 bits per heavy atom. The average Bonchev–Trinajstić information content (AvgIpc) is 2.81. The molecule has 0 aromatic heterocycles. The van der Waals surface area contributed by atoms with E-state index in [2.05, 4.69) is 5.32 Å². The summed E-state index contributed by atoms with van der Waals surface area (Å²) in [7, 11) is 1.49. The minimum atomic E-state index is -0.620. The molecular formula is C13H15NO6. The summed E-state index contributed by atoms with van der Waals surface area (Å²) in [4.78, 5) is 22.5. The van der Waals surface area contributed by atoms with Crippen LogP contribution in [-0.4, -0.2) is 37.3 Å². The highest BCUT2D eigenvalue weighted by Crippen LogP contribution is 2.42. The number of aliphatic hydroxyl groups is 1. The van der Waals surface area contributed by atoms with Crippen LogP contribution in [0, 0.1) is 0 Å². The molecule has 1 aromatic rings. The highest BCUT2D eigenvalue weighted by atomic mass is 16.5. The minimum absolute atomic E-state index is 0.197. The molecule has 0 fully saturated rings. The van der Waals surface area contributed by atoms with E-state index in [1.165, 1.54) is 14.0 Å². The number of hydrogen-bond acceptors (Lipinski definition) is 6. The van der Waals surface area contributed by atoms with Gasteiger partial charge in [0.25, 0.3) is 0 Å². The quantitative estimate of drug-likeness (QED) is 0.603. The lowest BCUT2D eigenvalue weighted by Crippen LogP contribution is -2.31. The molecular weight excluding hydrogens is 266 g/mol. The van der Waals surface area contributed by atoms with Crippen molar-refractivity contribution in [3.63, 3.8) is 0 Å². The number of fused-ring (bicyclic) bond motifs is 1. The molecule has 0 spiro atoms. The van der Waals surface area contributed by atoms with Crippen molar-refractivity contribution >= 4 is 11.9 Å². The van der Waals surface area contributed by atoms with Crippen LogP contribution in [0.1, 0.15) is 18.5 Å². The van der Waals surface area contributed by atoms with E-state index < -0.39 is 24.5 Å². The first-order valence-corrected chi connectivity index (χ1v) is 5.98. The number of amides is 1. The molecule has 1 heterocycles. The topological polar surface area (TPSA) is 94.1 Å². The molecule has 7 nitrogen and oxygen atoms in total. The van der Waals surface area contributed by atoms with Crippen LogP contribution in [0.3, 0.4) is 0 Å². The smallest absolute Gasteiger partial charge is 0.308 e. The van der Waals surface area contributed by atoms with Crippen molar-refractivity contribution in [2.24, 2.45) is 0 Å². The van der Waals surface area contributed by atoms with Gasteiger partial charge in [-0.25, -0.2) is 0 Å². The Morgan fingerprint density at radius 2 is 2.25 bits per heavy atom. The van der Waals surface area contributed by atoms with Crippen LogP contribution in [-0.2, 0) is 9.59 Å². The number of carbonyl (C=O) groups is 2. The number of benzene rings is 1. The normalized spacial score (nSPS) is 16.1. The third-order valence-electron chi connectivity index (χ3n) is 2.80. The Morgan fingerprint density at radius 1 is 1.50 bits per heavy atom. The zero-order chi connectivity index (χ0) is 14.7. The second-order valence-corrected chi connectivity index (χ2v) is 4.22. The molecule has 7 heteroatoms. The SMILES string of the molecule is COc1cc2c(c(OC(C)=O)c1)C(NC(=O)CO)CO2. The van der Waals surface area contributed by atoms with Gasteiger partial charge in [-0.15, -0.1) is 0 Å².